The van der Waals surface area contributed by atoms with Crippen LogP contribution in [0.1, 0.15) is 18.4 Å². The molecule has 30 heavy (non-hydrogen) atoms. The second kappa shape index (κ2) is 9.77. The molecule has 2 amide bonds. The van der Waals surface area contributed by atoms with Gasteiger partial charge in [0.25, 0.3) is 5.69 Å². The normalized spacial score (nSPS) is 14.9. The number of carbonyl (C=O) groups is 2. The Kier molecular flexibility index (Phi) is 7.11. The van der Waals surface area contributed by atoms with Crippen molar-refractivity contribution in [3.8, 4) is 0 Å². The van der Waals surface area contributed by atoms with Gasteiger partial charge in [0.15, 0.2) is 0 Å². The van der Waals surface area contributed by atoms with Gasteiger partial charge in [0.2, 0.25) is 11.8 Å². The number of piperidine rings is 1. The zero-order valence-corrected chi connectivity index (χ0v) is 18.0. The molecule has 1 saturated heterocycles. The van der Waals surface area contributed by atoms with Gasteiger partial charge in [-0.05, 0) is 67.0 Å². The quantitative estimate of drug-likeness (QED) is 0.488. The summed E-state index contributed by atoms with van der Waals surface area (Å²) >= 11 is 3.30. The number of halogens is 1. The highest BCUT2D eigenvalue weighted by Crippen LogP contribution is 2.23. The average Bonchev–Trinajstić information content (AvgIpc) is 2.71. The number of nitrogens with zero attached hydrogens (tertiary/aromatic N) is 3. The Morgan fingerprint density at radius 1 is 1.23 bits per heavy atom. The van der Waals surface area contributed by atoms with Crippen molar-refractivity contribution in [2.45, 2.75) is 19.8 Å². The molecule has 158 valence electrons. The van der Waals surface area contributed by atoms with Crippen molar-refractivity contribution in [1.82, 2.24) is 9.88 Å². The summed E-state index contributed by atoms with van der Waals surface area (Å²) in [4.78, 5) is 41.4. The number of pyridine rings is 1. The lowest BCUT2D eigenvalue weighted by Crippen LogP contribution is -2.41. The van der Waals surface area contributed by atoms with Crippen molar-refractivity contribution in [2.24, 2.45) is 5.92 Å². The number of nitro benzene ring substituents is 1. The van der Waals surface area contributed by atoms with E-state index in [4.69, 9.17) is 0 Å². The molecule has 0 atom stereocenters. The zero-order valence-electron chi connectivity index (χ0n) is 16.4. The van der Waals surface area contributed by atoms with Crippen molar-refractivity contribution in [1.29, 1.82) is 0 Å². The molecule has 1 aromatic heterocycles. The first-order valence-electron chi connectivity index (χ1n) is 9.51. The van der Waals surface area contributed by atoms with Crippen LogP contribution < -0.4 is 10.6 Å². The smallest absolute Gasteiger partial charge is 0.274 e. The second-order valence-corrected chi connectivity index (χ2v) is 8.12. The van der Waals surface area contributed by atoms with Crippen molar-refractivity contribution in [3.05, 3.63) is 56.7 Å². The number of amides is 2. The van der Waals surface area contributed by atoms with Crippen LogP contribution in [0.5, 0.6) is 0 Å². The molecule has 9 nitrogen and oxygen atoms in total. The molecular formula is C20H22BrN5O4. The van der Waals surface area contributed by atoms with E-state index < -0.39 is 4.92 Å². The van der Waals surface area contributed by atoms with Gasteiger partial charge in [0, 0.05) is 33.9 Å². The third-order valence-corrected chi connectivity index (χ3v) is 5.46. The first-order valence-corrected chi connectivity index (χ1v) is 10.3. The largest absolute Gasteiger partial charge is 0.325 e. The molecule has 1 aliphatic heterocycles. The predicted octanol–water partition coefficient (Wildman–Crippen LogP) is 3.35. The van der Waals surface area contributed by atoms with Gasteiger partial charge in [0.1, 0.15) is 5.82 Å². The van der Waals surface area contributed by atoms with Gasteiger partial charge in [-0.15, -0.1) is 0 Å². The number of carbonyl (C=O) groups excluding carboxylic acids is 2. The lowest BCUT2D eigenvalue weighted by molar-refractivity contribution is -0.385. The average molecular weight is 476 g/mol. The minimum atomic E-state index is -0.468. The lowest BCUT2D eigenvalue weighted by atomic mass is 9.96. The molecule has 3 rings (SSSR count). The number of aryl methyl sites for hydroxylation is 1. The molecule has 2 heterocycles. The van der Waals surface area contributed by atoms with Gasteiger partial charge >= 0.3 is 0 Å². The van der Waals surface area contributed by atoms with Crippen molar-refractivity contribution in [2.75, 3.05) is 30.3 Å². The van der Waals surface area contributed by atoms with E-state index in [0.717, 1.165) is 4.47 Å². The maximum atomic E-state index is 12.4. The van der Waals surface area contributed by atoms with Crippen molar-refractivity contribution >= 4 is 44.9 Å². The van der Waals surface area contributed by atoms with Crippen molar-refractivity contribution in [3.63, 3.8) is 0 Å². The molecule has 0 radical (unpaired) electrons. The van der Waals surface area contributed by atoms with Crippen LogP contribution in [-0.2, 0) is 9.59 Å². The summed E-state index contributed by atoms with van der Waals surface area (Å²) in [6.45, 7) is 3.06. The highest BCUT2D eigenvalue weighted by atomic mass is 79.9. The molecule has 0 aliphatic carbocycles. The number of hydrogen-bond acceptors (Lipinski definition) is 6. The van der Waals surface area contributed by atoms with E-state index in [0.29, 0.717) is 43.0 Å². The fourth-order valence-electron chi connectivity index (χ4n) is 3.32. The fraction of sp³-hybridized carbons (Fsp3) is 0.350. The molecule has 1 aliphatic rings. The highest BCUT2D eigenvalue weighted by Gasteiger charge is 2.26. The number of aromatic nitrogens is 1. The van der Waals surface area contributed by atoms with Crippen LogP contribution in [0.2, 0.25) is 0 Å². The minimum absolute atomic E-state index is 0.0279. The fourth-order valence-corrected chi connectivity index (χ4v) is 3.55. The summed E-state index contributed by atoms with van der Waals surface area (Å²) in [7, 11) is 0. The van der Waals surface area contributed by atoms with Gasteiger partial charge in [-0.1, -0.05) is 6.07 Å². The predicted molar refractivity (Wildman–Crippen MR) is 116 cm³/mol. The van der Waals surface area contributed by atoms with E-state index in [1.807, 2.05) is 11.0 Å². The number of hydrogen-bond donors (Lipinski definition) is 2. The van der Waals surface area contributed by atoms with Crippen LogP contribution in [0.25, 0.3) is 0 Å². The summed E-state index contributed by atoms with van der Waals surface area (Å²) in [5.41, 5.74) is 0.908. The molecule has 2 aromatic rings. The molecule has 0 unspecified atom stereocenters. The van der Waals surface area contributed by atoms with Crippen LogP contribution >= 0.6 is 15.9 Å². The molecule has 2 N–H and O–H groups in total. The summed E-state index contributed by atoms with van der Waals surface area (Å²) < 4.78 is 0.840. The van der Waals surface area contributed by atoms with E-state index in [-0.39, 0.29) is 30.0 Å². The summed E-state index contributed by atoms with van der Waals surface area (Å²) in [5, 5.41) is 16.6. The summed E-state index contributed by atoms with van der Waals surface area (Å²) in [6, 6.07) is 8.16. The number of anilines is 2. The second-order valence-electron chi connectivity index (χ2n) is 7.21. The maximum Gasteiger partial charge on any atom is 0.274 e. The Labute approximate surface area is 182 Å². The monoisotopic (exact) mass is 475 g/mol. The highest BCUT2D eigenvalue weighted by molar-refractivity contribution is 9.10. The van der Waals surface area contributed by atoms with E-state index in [1.165, 1.54) is 6.07 Å². The summed E-state index contributed by atoms with van der Waals surface area (Å²) in [5.74, 6) is 0.0720. The summed E-state index contributed by atoms with van der Waals surface area (Å²) in [6.07, 6.45) is 2.91. The number of rotatable bonds is 6. The van der Waals surface area contributed by atoms with E-state index >= 15 is 0 Å². The number of likely N-dealkylation sites (tertiary alicyclic amines) is 1. The van der Waals surface area contributed by atoms with Crippen LogP contribution in [0.4, 0.5) is 17.2 Å². The Morgan fingerprint density at radius 2 is 1.97 bits per heavy atom. The first kappa shape index (κ1) is 21.8. The van der Waals surface area contributed by atoms with Crippen LogP contribution in [-0.4, -0.2) is 46.3 Å². The van der Waals surface area contributed by atoms with Crippen LogP contribution in [0, 0.1) is 23.0 Å². The molecule has 0 saturated carbocycles. The van der Waals surface area contributed by atoms with E-state index in [9.17, 15) is 19.7 Å². The number of benzene rings is 1. The van der Waals surface area contributed by atoms with Crippen LogP contribution in [0.3, 0.4) is 0 Å². The Balaban J connectivity index is 1.46. The maximum absolute atomic E-state index is 12.4. The SMILES string of the molecule is Cc1ccc(NC(=O)CN2CCC(C(=O)Nc3ccc(Br)cn3)CC2)cc1[N+](=O)[O-]. The molecule has 1 aromatic carbocycles. The minimum Gasteiger partial charge on any atom is -0.325 e. The molecule has 0 bridgehead atoms. The molecule has 1 fully saturated rings. The third-order valence-electron chi connectivity index (χ3n) is 4.99. The molecule has 10 heteroatoms. The van der Waals surface area contributed by atoms with Gasteiger partial charge in [-0.2, -0.15) is 0 Å². The van der Waals surface area contributed by atoms with E-state index in [2.05, 4.69) is 31.5 Å². The third kappa shape index (κ3) is 5.83. The Morgan fingerprint density at radius 3 is 2.60 bits per heavy atom. The van der Waals surface area contributed by atoms with Crippen LogP contribution in [0.15, 0.2) is 41.0 Å². The Bertz CT molecular complexity index is 943. The Hall–Kier alpha value is -2.85. The topological polar surface area (TPSA) is 117 Å². The van der Waals surface area contributed by atoms with Gasteiger partial charge in [0.05, 0.1) is 11.5 Å². The van der Waals surface area contributed by atoms with Gasteiger partial charge < -0.3 is 10.6 Å². The standard InChI is InChI=1S/C20H22BrN5O4/c1-13-2-4-16(10-17(13)26(29)30)23-19(27)12-25-8-6-14(7-9-25)20(28)24-18-5-3-15(21)11-22-18/h2-5,10-11,14H,6-9,12H2,1H3,(H,23,27)(H,22,24,28). The van der Waals surface area contributed by atoms with Gasteiger partial charge in [-0.25, -0.2) is 4.98 Å². The first-order chi connectivity index (χ1) is 14.3. The lowest BCUT2D eigenvalue weighted by Gasteiger charge is -2.30. The molecule has 0 spiro atoms. The zero-order chi connectivity index (χ0) is 21.7. The number of nitro groups is 1. The van der Waals surface area contributed by atoms with Crippen molar-refractivity contribution < 1.29 is 14.5 Å². The van der Waals surface area contributed by atoms with E-state index in [1.54, 1.807) is 31.3 Å². The number of nitrogens with one attached hydrogen (secondary N) is 2. The van der Waals surface area contributed by atoms with Gasteiger partial charge in [-0.3, -0.25) is 24.6 Å². The molecular weight excluding hydrogens is 454 g/mol.